The van der Waals surface area contributed by atoms with E-state index in [9.17, 15) is 8.42 Å². The minimum Gasteiger partial charge on any atom is -0.492 e. The highest BCUT2D eigenvalue weighted by atomic mass is 32.2. The number of aromatic nitrogens is 2. The second-order valence-corrected chi connectivity index (χ2v) is 9.94. The monoisotopic (exact) mass is 433 g/mol. The van der Waals surface area contributed by atoms with Crippen LogP contribution in [0.5, 0.6) is 5.75 Å². The molecule has 9 heteroatoms. The molecule has 3 heterocycles. The van der Waals surface area contributed by atoms with Crippen LogP contribution in [0.3, 0.4) is 0 Å². The summed E-state index contributed by atoms with van der Waals surface area (Å²) in [5.74, 6) is 1.96. The lowest BCUT2D eigenvalue weighted by atomic mass is 9.96. The molecule has 0 bridgehead atoms. The van der Waals surface area contributed by atoms with Crippen molar-refractivity contribution >= 4 is 21.4 Å². The first kappa shape index (κ1) is 20.1. The zero-order chi connectivity index (χ0) is 20.1. The molecule has 1 aromatic carbocycles. The molecule has 1 saturated heterocycles. The van der Waals surface area contributed by atoms with Crippen LogP contribution in [0.2, 0.25) is 0 Å². The topological polar surface area (TPSA) is 85.5 Å². The van der Waals surface area contributed by atoms with Crippen LogP contribution in [0.15, 0.2) is 51.7 Å². The van der Waals surface area contributed by atoms with Crippen LogP contribution >= 0.6 is 11.3 Å². The number of hydrogen-bond acceptors (Lipinski definition) is 7. The average Bonchev–Trinajstić information content (AvgIpc) is 3.41. The maximum absolute atomic E-state index is 12.7. The molecule has 4 rings (SSSR count). The minimum atomic E-state index is -3.37. The SMILES string of the molecule is O=S(=O)(CCOc1ccccc1)N1CCCC(Cc2nc(-c3ccsc3)no2)C1. The Morgan fingerprint density at radius 1 is 1.24 bits per heavy atom. The molecule has 1 aliphatic heterocycles. The van der Waals surface area contributed by atoms with Gasteiger partial charge in [-0.05, 0) is 42.3 Å². The van der Waals surface area contributed by atoms with Gasteiger partial charge in [-0.15, -0.1) is 0 Å². The summed E-state index contributed by atoms with van der Waals surface area (Å²) in [5.41, 5.74) is 0.941. The molecule has 1 atom stereocenters. The van der Waals surface area contributed by atoms with Crippen molar-refractivity contribution in [3.8, 4) is 17.1 Å². The molecular formula is C20H23N3O4S2. The van der Waals surface area contributed by atoms with Crippen LogP contribution in [0.25, 0.3) is 11.4 Å². The standard InChI is InChI=1S/C20H23N3O4S2/c24-29(25,12-10-26-18-6-2-1-3-7-18)23-9-4-5-16(14-23)13-19-21-20(22-27-19)17-8-11-28-15-17/h1-3,6-8,11,15-16H,4-5,9-10,12-14H2. The van der Waals surface area contributed by atoms with E-state index in [1.807, 2.05) is 47.2 Å². The van der Waals surface area contributed by atoms with Crippen molar-refractivity contribution < 1.29 is 17.7 Å². The summed E-state index contributed by atoms with van der Waals surface area (Å²) in [4.78, 5) is 4.46. The summed E-state index contributed by atoms with van der Waals surface area (Å²) >= 11 is 1.58. The zero-order valence-electron chi connectivity index (χ0n) is 15.9. The quantitative estimate of drug-likeness (QED) is 0.541. The number of para-hydroxylation sites is 1. The van der Waals surface area contributed by atoms with E-state index in [0.29, 0.717) is 37.0 Å². The van der Waals surface area contributed by atoms with Crippen molar-refractivity contribution in [3.63, 3.8) is 0 Å². The normalized spacial score (nSPS) is 18.0. The largest absolute Gasteiger partial charge is 0.492 e. The van der Waals surface area contributed by atoms with Gasteiger partial charge >= 0.3 is 0 Å². The number of nitrogens with zero attached hydrogens (tertiary/aromatic N) is 3. The predicted octanol–water partition coefficient (Wildman–Crippen LogP) is 3.46. The Kier molecular flexibility index (Phi) is 6.27. The summed E-state index contributed by atoms with van der Waals surface area (Å²) < 4.78 is 38.0. The molecule has 1 unspecified atom stereocenters. The molecule has 7 nitrogen and oxygen atoms in total. The Morgan fingerprint density at radius 2 is 2.10 bits per heavy atom. The second kappa shape index (κ2) is 9.06. The van der Waals surface area contributed by atoms with E-state index in [2.05, 4.69) is 10.1 Å². The fraction of sp³-hybridized carbons (Fsp3) is 0.400. The molecule has 0 amide bonds. The van der Waals surface area contributed by atoms with E-state index in [0.717, 1.165) is 18.4 Å². The molecule has 0 spiro atoms. The van der Waals surface area contributed by atoms with Gasteiger partial charge in [0.2, 0.25) is 21.7 Å². The highest BCUT2D eigenvalue weighted by Gasteiger charge is 2.30. The van der Waals surface area contributed by atoms with Crippen molar-refractivity contribution in [2.24, 2.45) is 5.92 Å². The van der Waals surface area contributed by atoms with E-state index in [1.54, 1.807) is 15.6 Å². The van der Waals surface area contributed by atoms with Crippen LogP contribution in [-0.2, 0) is 16.4 Å². The molecule has 0 N–H and O–H groups in total. The molecule has 2 aromatic heterocycles. The predicted molar refractivity (Wildman–Crippen MR) is 111 cm³/mol. The van der Waals surface area contributed by atoms with Gasteiger partial charge in [-0.1, -0.05) is 23.4 Å². The molecule has 154 valence electrons. The summed E-state index contributed by atoms with van der Waals surface area (Å²) in [7, 11) is -3.37. The first-order valence-electron chi connectivity index (χ1n) is 9.61. The smallest absolute Gasteiger partial charge is 0.227 e. The number of rotatable bonds is 8. The van der Waals surface area contributed by atoms with Gasteiger partial charge in [0.15, 0.2) is 0 Å². The number of piperidine rings is 1. The molecule has 1 aliphatic rings. The van der Waals surface area contributed by atoms with Crippen LogP contribution in [0.4, 0.5) is 0 Å². The fourth-order valence-corrected chi connectivity index (χ4v) is 5.48. The van der Waals surface area contributed by atoms with Crippen molar-refractivity contribution in [2.75, 3.05) is 25.4 Å². The van der Waals surface area contributed by atoms with Gasteiger partial charge in [0.25, 0.3) is 0 Å². The van der Waals surface area contributed by atoms with Crippen LogP contribution in [0, 0.1) is 5.92 Å². The first-order chi connectivity index (χ1) is 14.1. The van der Waals surface area contributed by atoms with Gasteiger partial charge < -0.3 is 9.26 Å². The highest BCUT2D eigenvalue weighted by Crippen LogP contribution is 2.24. The molecular weight excluding hydrogens is 410 g/mol. The minimum absolute atomic E-state index is 0.0303. The Balaban J connectivity index is 1.31. The van der Waals surface area contributed by atoms with Crippen molar-refractivity contribution in [2.45, 2.75) is 19.3 Å². The van der Waals surface area contributed by atoms with Crippen molar-refractivity contribution in [1.29, 1.82) is 0 Å². The average molecular weight is 434 g/mol. The van der Waals surface area contributed by atoms with Crippen LogP contribution < -0.4 is 4.74 Å². The second-order valence-electron chi connectivity index (χ2n) is 7.07. The van der Waals surface area contributed by atoms with E-state index in [1.165, 1.54) is 0 Å². The van der Waals surface area contributed by atoms with Crippen LogP contribution in [-0.4, -0.2) is 48.3 Å². The third-order valence-electron chi connectivity index (χ3n) is 4.94. The van der Waals surface area contributed by atoms with E-state index in [-0.39, 0.29) is 18.3 Å². The zero-order valence-corrected chi connectivity index (χ0v) is 17.6. The maximum atomic E-state index is 12.7. The molecule has 0 radical (unpaired) electrons. The fourth-order valence-electron chi connectivity index (χ4n) is 3.45. The Bertz CT molecular complexity index is 1000. The summed E-state index contributed by atoms with van der Waals surface area (Å²) in [6.45, 7) is 1.17. The van der Waals surface area contributed by atoms with E-state index < -0.39 is 10.0 Å². The van der Waals surface area contributed by atoms with Gasteiger partial charge in [0.1, 0.15) is 12.4 Å². The molecule has 0 saturated carbocycles. The molecule has 1 fully saturated rings. The van der Waals surface area contributed by atoms with Gasteiger partial charge in [0, 0.05) is 30.5 Å². The molecule has 29 heavy (non-hydrogen) atoms. The van der Waals surface area contributed by atoms with E-state index >= 15 is 0 Å². The summed E-state index contributed by atoms with van der Waals surface area (Å²) in [6.07, 6.45) is 2.36. The molecule has 3 aromatic rings. The van der Waals surface area contributed by atoms with Gasteiger partial charge in [-0.2, -0.15) is 16.3 Å². The number of ether oxygens (including phenoxy) is 1. The summed E-state index contributed by atoms with van der Waals surface area (Å²) in [5, 5.41) is 7.98. The lowest BCUT2D eigenvalue weighted by Gasteiger charge is -2.31. The van der Waals surface area contributed by atoms with Gasteiger partial charge in [0.05, 0.1) is 5.75 Å². The number of thiophene rings is 1. The van der Waals surface area contributed by atoms with E-state index in [4.69, 9.17) is 9.26 Å². The first-order valence-corrected chi connectivity index (χ1v) is 12.2. The van der Waals surface area contributed by atoms with Gasteiger partial charge in [-0.3, -0.25) is 0 Å². The number of benzene rings is 1. The highest BCUT2D eigenvalue weighted by molar-refractivity contribution is 7.89. The lowest BCUT2D eigenvalue weighted by Crippen LogP contribution is -2.42. The number of sulfonamides is 1. The third kappa shape index (κ3) is 5.23. The lowest BCUT2D eigenvalue weighted by molar-refractivity contribution is 0.245. The third-order valence-corrected chi connectivity index (χ3v) is 7.42. The Labute approximate surface area is 174 Å². The number of hydrogen-bond donors (Lipinski definition) is 0. The van der Waals surface area contributed by atoms with Crippen LogP contribution in [0.1, 0.15) is 18.7 Å². The Morgan fingerprint density at radius 3 is 2.90 bits per heavy atom. The van der Waals surface area contributed by atoms with Gasteiger partial charge in [-0.25, -0.2) is 12.7 Å². The molecule has 0 aliphatic carbocycles. The van der Waals surface area contributed by atoms with Crippen molar-refractivity contribution in [3.05, 3.63) is 53.0 Å². The maximum Gasteiger partial charge on any atom is 0.227 e. The summed E-state index contributed by atoms with van der Waals surface area (Å²) in [6, 6.07) is 11.2. The Hall–Kier alpha value is -2.23. The van der Waals surface area contributed by atoms with Crippen molar-refractivity contribution in [1.82, 2.24) is 14.4 Å².